The molecule has 0 unspecified atom stereocenters. The maximum Gasteiger partial charge on any atom is 0.270 e. The zero-order valence-corrected chi connectivity index (χ0v) is 6.33. The summed E-state index contributed by atoms with van der Waals surface area (Å²) in [7, 11) is 1.55. The molecular weight excluding hydrogens is 142 g/mol. The third-order valence-electron chi connectivity index (χ3n) is 1.50. The molecule has 0 bridgehead atoms. The van der Waals surface area contributed by atoms with Crippen LogP contribution in [0.2, 0.25) is 0 Å². The van der Waals surface area contributed by atoms with Gasteiger partial charge in [-0.15, -0.1) is 0 Å². The van der Waals surface area contributed by atoms with Crippen molar-refractivity contribution in [3.05, 3.63) is 27.7 Å². The van der Waals surface area contributed by atoms with Gasteiger partial charge in [0.1, 0.15) is 6.07 Å². The van der Waals surface area contributed by atoms with Crippen molar-refractivity contribution in [1.82, 2.24) is 9.78 Å². The summed E-state index contributed by atoms with van der Waals surface area (Å²) in [6.07, 6.45) is 1.39. The second kappa shape index (κ2) is 2.54. The van der Waals surface area contributed by atoms with E-state index in [4.69, 9.17) is 5.26 Å². The van der Waals surface area contributed by atoms with E-state index in [0.717, 1.165) is 0 Å². The Balaban J connectivity index is 3.53. The van der Waals surface area contributed by atoms with Crippen molar-refractivity contribution in [2.45, 2.75) is 6.92 Å². The maximum absolute atomic E-state index is 11.1. The van der Waals surface area contributed by atoms with Crippen LogP contribution >= 0.6 is 0 Å². The Morgan fingerprint density at radius 3 is 2.91 bits per heavy atom. The summed E-state index contributed by atoms with van der Waals surface area (Å²) in [5, 5.41) is 12.2. The van der Waals surface area contributed by atoms with Crippen LogP contribution < -0.4 is 5.56 Å². The van der Waals surface area contributed by atoms with Crippen molar-refractivity contribution in [1.29, 1.82) is 5.26 Å². The van der Waals surface area contributed by atoms with Crippen LogP contribution in [0.3, 0.4) is 0 Å². The summed E-state index contributed by atoms with van der Waals surface area (Å²) >= 11 is 0. The Morgan fingerprint density at radius 1 is 1.73 bits per heavy atom. The first-order chi connectivity index (χ1) is 5.16. The molecule has 0 saturated carbocycles. The molecule has 11 heavy (non-hydrogen) atoms. The van der Waals surface area contributed by atoms with Crippen LogP contribution in [0.4, 0.5) is 0 Å². The molecule has 0 spiro atoms. The largest absolute Gasteiger partial charge is 0.270 e. The average molecular weight is 149 g/mol. The van der Waals surface area contributed by atoms with E-state index in [1.54, 1.807) is 14.0 Å². The minimum atomic E-state index is -0.218. The molecule has 0 saturated heterocycles. The molecule has 0 radical (unpaired) electrons. The van der Waals surface area contributed by atoms with Crippen molar-refractivity contribution < 1.29 is 0 Å². The molecule has 0 aliphatic rings. The van der Waals surface area contributed by atoms with Gasteiger partial charge in [-0.1, -0.05) is 0 Å². The number of hydrogen-bond donors (Lipinski definition) is 0. The van der Waals surface area contributed by atoms with Gasteiger partial charge in [0.15, 0.2) is 0 Å². The van der Waals surface area contributed by atoms with Gasteiger partial charge < -0.3 is 0 Å². The second-order valence-electron chi connectivity index (χ2n) is 2.22. The van der Waals surface area contributed by atoms with Gasteiger partial charge in [0.05, 0.1) is 11.8 Å². The number of rotatable bonds is 0. The van der Waals surface area contributed by atoms with E-state index in [1.807, 2.05) is 6.07 Å². The SMILES string of the molecule is Cc1c(C#N)cnn(C)c1=O. The van der Waals surface area contributed by atoms with Crippen LogP contribution in [0.15, 0.2) is 11.0 Å². The monoisotopic (exact) mass is 149 g/mol. The van der Waals surface area contributed by atoms with E-state index < -0.39 is 0 Å². The third kappa shape index (κ3) is 1.13. The van der Waals surface area contributed by atoms with Crippen molar-refractivity contribution in [3.8, 4) is 6.07 Å². The van der Waals surface area contributed by atoms with Crippen LogP contribution in [0.1, 0.15) is 11.1 Å². The molecule has 1 rings (SSSR count). The molecule has 0 aliphatic carbocycles. The number of nitriles is 1. The highest BCUT2D eigenvalue weighted by molar-refractivity contribution is 5.31. The fourth-order valence-electron chi connectivity index (χ4n) is 0.764. The molecule has 0 amide bonds. The molecule has 0 fully saturated rings. The van der Waals surface area contributed by atoms with Gasteiger partial charge in [0, 0.05) is 12.6 Å². The van der Waals surface area contributed by atoms with Crippen LogP contribution in [0.5, 0.6) is 0 Å². The summed E-state index contributed by atoms with van der Waals surface area (Å²) in [5.74, 6) is 0. The first-order valence-corrected chi connectivity index (χ1v) is 3.10. The zero-order valence-electron chi connectivity index (χ0n) is 6.33. The standard InChI is InChI=1S/C7H7N3O/c1-5-6(3-8)4-9-10(2)7(5)11/h4H,1-2H3. The minimum Gasteiger partial charge on any atom is -0.267 e. The highest BCUT2D eigenvalue weighted by Crippen LogP contribution is 1.95. The molecule has 0 atom stereocenters. The van der Waals surface area contributed by atoms with Crippen molar-refractivity contribution in [2.24, 2.45) is 7.05 Å². The minimum absolute atomic E-state index is 0.218. The topological polar surface area (TPSA) is 58.7 Å². The van der Waals surface area contributed by atoms with Gasteiger partial charge in [-0.3, -0.25) is 4.79 Å². The Kier molecular flexibility index (Phi) is 1.73. The van der Waals surface area contributed by atoms with Crippen LogP contribution in [0.25, 0.3) is 0 Å². The predicted molar refractivity (Wildman–Crippen MR) is 38.9 cm³/mol. The molecule has 1 heterocycles. The van der Waals surface area contributed by atoms with Crippen molar-refractivity contribution >= 4 is 0 Å². The maximum atomic E-state index is 11.1. The van der Waals surface area contributed by atoms with Gasteiger partial charge in [-0.2, -0.15) is 10.4 Å². The van der Waals surface area contributed by atoms with Gasteiger partial charge in [-0.05, 0) is 6.92 Å². The Hall–Kier alpha value is -1.63. The zero-order chi connectivity index (χ0) is 8.43. The smallest absolute Gasteiger partial charge is 0.267 e. The number of aromatic nitrogens is 2. The second-order valence-corrected chi connectivity index (χ2v) is 2.22. The quantitative estimate of drug-likeness (QED) is 0.520. The molecule has 4 nitrogen and oxygen atoms in total. The van der Waals surface area contributed by atoms with Gasteiger partial charge in [0.2, 0.25) is 0 Å². The Morgan fingerprint density at radius 2 is 2.36 bits per heavy atom. The summed E-state index contributed by atoms with van der Waals surface area (Å²) in [6.45, 7) is 1.61. The lowest BCUT2D eigenvalue weighted by Crippen LogP contribution is -2.22. The first-order valence-electron chi connectivity index (χ1n) is 3.10. The summed E-state index contributed by atoms with van der Waals surface area (Å²) in [5.41, 5.74) is 0.571. The molecule has 1 aromatic heterocycles. The summed E-state index contributed by atoms with van der Waals surface area (Å²) < 4.78 is 1.20. The van der Waals surface area contributed by atoms with Crippen LogP contribution in [-0.2, 0) is 7.05 Å². The molecule has 0 aromatic carbocycles. The Labute approximate surface area is 63.7 Å². The number of aryl methyl sites for hydroxylation is 1. The van der Waals surface area contributed by atoms with Crippen molar-refractivity contribution in [3.63, 3.8) is 0 Å². The summed E-state index contributed by atoms with van der Waals surface area (Å²) in [4.78, 5) is 11.1. The molecule has 1 aromatic rings. The van der Waals surface area contributed by atoms with E-state index >= 15 is 0 Å². The lowest BCUT2D eigenvalue weighted by Gasteiger charge is -1.97. The average Bonchev–Trinajstić information content (AvgIpc) is 2.01. The number of nitrogens with zero attached hydrogens (tertiary/aromatic N) is 3. The normalized spacial score (nSPS) is 9.18. The molecule has 4 heteroatoms. The van der Waals surface area contributed by atoms with E-state index in [2.05, 4.69) is 5.10 Å². The number of hydrogen-bond acceptors (Lipinski definition) is 3. The molecule has 0 aliphatic heterocycles. The fraction of sp³-hybridized carbons (Fsp3) is 0.286. The lowest BCUT2D eigenvalue weighted by molar-refractivity contribution is 0.698. The van der Waals surface area contributed by atoms with Gasteiger partial charge >= 0.3 is 0 Å². The summed E-state index contributed by atoms with van der Waals surface area (Å²) in [6, 6.07) is 1.89. The molecule has 0 N–H and O–H groups in total. The fourth-order valence-corrected chi connectivity index (χ4v) is 0.764. The predicted octanol–water partition coefficient (Wildman–Crippen LogP) is -0.0396. The van der Waals surface area contributed by atoms with E-state index in [1.165, 1.54) is 10.9 Å². The highest BCUT2D eigenvalue weighted by Gasteiger charge is 2.02. The van der Waals surface area contributed by atoms with E-state index in [9.17, 15) is 4.79 Å². The molecular formula is C7H7N3O. The van der Waals surface area contributed by atoms with Crippen molar-refractivity contribution in [2.75, 3.05) is 0 Å². The van der Waals surface area contributed by atoms with Gasteiger partial charge in [-0.25, -0.2) is 4.68 Å². The third-order valence-corrected chi connectivity index (χ3v) is 1.50. The van der Waals surface area contributed by atoms with Gasteiger partial charge in [0.25, 0.3) is 5.56 Å². The van der Waals surface area contributed by atoms with Crippen LogP contribution in [0, 0.1) is 18.3 Å². The highest BCUT2D eigenvalue weighted by atomic mass is 16.1. The van der Waals surface area contributed by atoms with E-state index in [-0.39, 0.29) is 5.56 Å². The Bertz CT molecular complexity index is 372. The van der Waals surface area contributed by atoms with Crippen LogP contribution in [-0.4, -0.2) is 9.78 Å². The lowest BCUT2D eigenvalue weighted by atomic mass is 10.2. The first kappa shape index (κ1) is 7.48. The molecule has 56 valence electrons. The van der Waals surface area contributed by atoms with E-state index in [0.29, 0.717) is 11.1 Å².